The number of carbonyl (C=O) groups is 6. The molecule has 0 fully saturated rings. The Morgan fingerprint density at radius 2 is 1.11 bits per heavy atom. The van der Waals surface area contributed by atoms with Crippen molar-refractivity contribution in [3.8, 4) is 0 Å². The van der Waals surface area contributed by atoms with Crippen LogP contribution in [-0.2, 0) is 52.5 Å². The molecule has 13 nitrogen and oxygen atoms in total. The van der Waals surface area contributed by atoms with Crippen LogP contribution in [0.5, 0.6) is 0 Å². The Morgan fingerprint density at radius 1 is 0.605 bits per heavy atom. The fourth-order valence-corrected chi connectivity index (χ4v) is 2.48. The molecular formula is C25H42N2O11. The van der Waals surface area contributed by atoms with Crippen LogP contribution in [0.2, 0.25) is 0 Å². The molecule has 0 aliphatic rings. The number of amides is 2. The van der Waals surface area contributed by atoms with Gasteiger partial charge in [0.1, 0.15) is 25.7 Å². The van der Waals surface area contributed by atoms with Crippen molar-refractivity contribution in [2.45, 2.75) is 46.5 Å². The molecule has 0 aromatic heterocycles. The van der Waals surface area contributed by atoms with Gasteiger partial charge in [0.15, 0.2) is 17.3 Å². The molecule has 0 rings (SSSR count). The molecule has 218 valence electrons. The van der Waals surface area contributed by atoms with Crippen LogP contribution in [0, 0.1) is 5.92 Å². The van der Waals surface area contributed by atoms with Gasteiger partial charge < -0.3 is 34.3 Å². The van der Waals surface area contributed by atoms with Gasteiger partial charge in [-0.05, 0) is 6.92 Å². The van der Waals surface area contributed by atoms with Crippen molar-refractivity contribution in [3.63, 3.8) is 0 Å². The number of esters is 1. The lowest BCUT2D eigenvalue weighted by Crippen LogP contribution is -2.37. The summed E-state index contributed by atoms with van der Waals surface area (Å²) in [7, 11) is 0. The van der Waals surface area contributed by atoms with Gasteiger partial charge in [0.25, 0.3) is 0 Å². The lowest BCUT2D eigenvalue weighted by Gasteiger charge is -2.12. The van der Waals surface area contributed by atoms with Crippen LogP contribution >= 0.6 is 0 Å². The van der Waals surface area contributed by atoms with Crippen LogP contribution in [0.25, 0.3) is 0 Å². The van der Waals surface area contributed by atoms with Gasteiger partial charge in [0, 0.05) is 38.8 Å². The number of ether oxygens (including phenoxy) is 5. The van der Waals surface area contributed by atoms with Crippen molar-refractivity contribution in [1.29, 1.82) is 0 Å². The minimum Gasteiger partial charge on any atom is -0.457 e. The molecule has 0 bridgehead atoms. The van der Waals surface area contributed by atoms with Gasteiger partial charge in [-0.15, -0.1) is 0 Å². The van der Waals surface area contributed by atoms with E-state index < -0.39 is 30.2 Å². The third-order valence-corrected chi connectivity index (χ3v) is 4.93. The smallest absolute Gasteiger partial charge is 0.318 e. The molecule has 2 N–H and O–H groups in total. The van der Waals surface area contributed by atoms with Gasteiger partial charge in [-0.25, -0.2) is 0 Å². The summed E-state index contributed by atoms with van der Waals surface area (Å²) in [5.74, 6) is -3.33. The van der Waals surface area contributed by atoms with E-state index in [-0.39, 0.29) is 89.7 Å². The maximum Gasteiger partial charge on any atom is 0.318 e. The zero-order chi connectivity index (χ0) is 28.6. The van der Waals surface area contributed by atoms with Gasteiger partial charge in [-0.3, -0.25) is 28.8 Å². The average Bonchev–Trinajstić information content (AvgIpc) is 2.92. The Hall–Kier alpha value is -2.74. The summed E-state index contributed by atoms with van der Waals surface area (Å²) < 4.78 is 25.6. The maximum atomic E-state index is 12.0. The first-order chi connectivity index (χ1) is 18.2. The van der Waals surface area contributed by atoms with Gasteiger partial charge >= 0.3 is 5.97 Å². The number of hydrogen-bond donors (Lipinski definition) is 2. The first-order valence-corrected chi connectivity index (χ1v) is 12.8. The molecule has 0 saturated carbocycles. The largest absolute Gasteiger partial charge is 0.457 e. The zero-order valence-electron chi connectivity index (χ0n) is 22.7. The lowest BCUT2D eigenvalue weighted by atomic mass is 10.1. The molecule has 2 amide bonds. The Kier molecular flexibility index (Phi) is 21.7. The Morgan fingerprint density at radius 3 is 1.63 bits per heavy atom. The first kappa shape index (κ1) is 35.3. The van der Waals surface area contributed by atoms with Crippen molar-refractivity contribution in [3.05, 3.63) is 0 Å². The second-order valence-electron chi connectivity index (χ2n) is 8.12. The van der Waals surface area contributed by atoms with Crippen LogP contribution in [0.1, 0.15) is 46.5 Å². The summed E-state index contributed by atoms with van der Waals surface area (Å²) in [5, 5.41) is 5.12. The second-order valence-corrected chi connectivity index (χ2v) is 8.12. The summed E-state index contributed by atoms with van der Waals surface area (Å²) in [6.07, 6.45) is 0.648. The Balaban J connectivity index is 3.78. The molecule has 38 heavy (non-hydrogen) atoms. The van der Waals surface area contributed by atoms with E-state index in [1.807, 2.05) is 0 Å². The molecular weight excluding hydrogens is 504 g/mol. The van der Waals surface area contributed by atoms with E-state index in [4.69, 9.17) is 23.7 Å². The third kappa shape index (κ3) is 20.3. The highest BCUT2D eigenvalue weighted by Gasteiger charge is 2.23. The van der Waals surface area contributed by atoms with Gasteiger partial charge in [-0.1, -0.05) is 13.8 Å². The number of ketones is 3. The fourth-order valence-electron chi connectivity index (χ4n) is 2.48. The van der Waals surface area contributed by atoms with E-state index in [0.717, 1.165) is 0 Å². The number of nitrogens with one attached hydrogen (secondary N) is 2. The molecule has 1 atom stereocenters. The highest BCUT2D eigenvalue weighted by molar-refractivity contribution is 5.98. The molecule has 1 unspecified atom stereocenters. The molecule has 0 aromatic carbocycles. The quantitative estimate of drug-likeness (QED) is 0.0880. The van der Waals surface area contributed by atoms with Crippen LogP contribution in [0.3, 0.4) is 0 Å². The van der Waals surface area contributed by atoms with E-state index in [2.05, 4.69) is 10.6 Å². The van der Waals surface area contributed by atoms with Crippen molar-refractivity contribution in [2.75, 3.05) is 72.6 Å². The number of Topliss-reactive ketones (excluding diaryl/α,β-unsaturated/α-hetero) is 3. The van der Waals surface area contributed by atoms with Crippen molar-refractivity contribution < 1.29 is 52.5 Å². The van der Waals surface area contributed by atoms with Crippen LogP contribution in [-0.4, -0.2) is 108 Å². The average molecular weight is 547 g/mol. The second kappa shape index (κ2) is 23.4. The summed E-state index contributed by atoms with van der Waals surface area (Å²) in [4.78, 5) is 69.9. The molecule has 0 heterocycles. The minimum atomic E-state index is -1.12. The van der Waals surface area contributed by atoms with Crippen LogP contribution < -0.4 is 10.6 Å². The maximum absolute atomic E-state index is 12.0. The molecule has 0 radical (unpaired) electrons. The predicted molar refractivity (Wildman–Crippen MR) is 134 cm³/mol. The van der Waals surface area contributed by atoms with Crippen LogP contribution in [0.15, 0.2) is 0 Å². The SMILES string of the molecule is CCC(=O)COCCOCCNC(=O)CCC(=O)COC(=O)C(C)C(=O)NCCOCCOCC(=O)CC. The first-order valence-electron chi connectivity index (χ1n) is 12.8. The monoisotopic (exact) mass is 546 g/mol. The number of rotatable bonds is 25. The number of hydrogen-bond acceptors (Lipinski definition) is 11. The van der Waals surface area contributed by atoms with E-state index in [1.54, 1.807) is 13.8 Å². The highest BCUT2D eigenvalue weighted by atomic mass is 16.5. The highest BCUT2D eigenvalue weighted by Crippen LogP contribution is 2.01. The van der Waals surface area contributed by atoms with E-state index in [9.17, 15) is 28.8 Å². The van der Waals surface area contributed by atoms with Crippen LogP contribution in [0.4, 0.5) is 0 Å². The normalized spacial score (nSPS) is 11.4. The van der Waals surface area contributed by atoms with E-state index in [0.29, 0.717) is 19.4 Å². The van der Waals surface area contributed by atoms with Crippen molar-refractivity contribution in [1.82, 2.24) is 10.6 Å². The van der Waals surface area contributed by atoms with Crippen molar-refractivity contribution >= 4 is 35.1 Å². The summed E-state index contributed by atoms with van der Waals surface area (Å²) in [6, 6.07) is 0. The summed E-state index contributed by atoms with van der Waals surface area (Å²) in [5.41, 5.74) is 0. The Labute approximate surface area is 223 Å². The molecule has 13 heteroatoms. The summed E-state index contributed by atoms with van der Waals surface area (Å²) in [6.45, 7) is 6.39. The predicted octanol–water partition coefficient (Wildman–Crippen LogP) is -0.228. The Bertz CT molecular complexity index is 743. The summed E-state index contributed by atoms with van der Waals surface area (Å²) >= 11 is 0. The molecule has 0 aliphatic heterocycles. The molecule has 0 aromatic rings. The van der Waals surface area contributed by atoms with Crippen molar-refractivity contribution in [2.24, 2.45) is 5.92 Å². The van der Waals surface area contributed by atoms with Gasteiger partial charge in [0.05, 0.1) is 39.6 Å². The van der Waals surface area contributed by atoms with Gasteiger partial charge in [0.2, 0.25) is 11.8 Å². The topological polar surface area (TPSA) is 173 Å². The standard InChI is InChI=1S/C25H42N2O11/c1-4-20(28)16-36-14-12-34-10-8-26-23(31)7-6-22(30)18-38-25(33)19(3)24(32)27-9-11-35-13-15-37-17-21(29)5-2/h19H,4-18H2,1-3H3,(H,26,31)(H,27,32). The lowest BCUT2D eigenvalue weighted by molar-refractivity contribution is -0.154. The minimum absolute atomic E-state index is 0.00386. The third-order valence-electron chi connectivity index (χ3n) is 4.93. The molecule has 0 spiro atoms. The zero-order valence-corrected chi connectivity index (χ0v) is 22.7. The fraction of sp³-hybridized carbons (Fsp3) is 0.760. The van der Waals surface area contributed by atoms with E-state index >= 15 is 0 Å². The molecule has 0 aliphatic carbocycles. The molecule has 0 saturated heterocycles. The van der Waals surface area contributed by atoms with Gasteiger partial charge in [-0.2, -0.15) is 0 Å². The number of carbonyl (C=O) groups excluding carboxylic acids is 6. The van der Waals surface area contributed by atoms with E-state index in [1.165, 1.54) is 6.92 Å².